The Labute approximate surface area is 115 Å². The van der Waals surface area contributed by atoms with Gasteiger partial charge in [0.15, 0.2) is 0 Å². The molecule has 2 unspecified atom stereocenters. The van der Waals surface area contributed by atoms with E-state index in [0.717, 1.165) is 25.6 Å². The summed E-state index contributed by atoms with van der Waals surface area (Å²) in [4.78, 5) is 0. The van der Waals surface area contributed by atoms with Crippen LogP contribution in [0.15, 0.2) is 24.3 Å². The highest BCUT2D eigenvalue weighted by atomic mass is 19.1. The highest BCUT2D eigenvalue weighted by Gasteiger charge is 2.18. The molecule has 1 heterocycles. The summed E-state index contributed by atoms with van der Waals surface area (Å²) in [6.07, 6.45) is 2.57. The van der Waals surface area contributed by atoms with Crippen molar-refractivity contribution in [3.8, 4) is 0 Å². The van der Waals surface area contributed by atoms with Crippen LogP contribution in [0.5, 0.6) is 0 Å². The largest absolute Gasteiger partial charge is 0.316 e. The van der Waals surface area contributed by atoms with E-state index in [9.17, 15) is 4.39 Å². The summed E-state index contributed by atoms with van der Waals surface area (Å²) in [5, 5.41) is 7.11. The van der Waals surface area contributed by atoms with Crippen LogP contribution in [0.25, 0.3) is 0 Å². The first kappa shape index (κ1) is 14.5. The zero-order valence-electron chi connectivity index (χ0n) is 12.0. The Hall–Kier alpha value is -0.930. The average Bonchev–Trinajstić information content (AvgIpc) is 2.42. The minimum absolute atomic E-state index is 0.164. The zero-order chi connectivity index (χ0) is 13.7. The Bertz CT molecular complexity index is 369. The topological polar surface area (TPSA) is 24.1 Å². The van der Waals surface area contributed by atoms with Crippen LogP contribution in [0.3, 0.4) is 0 Å². The normalized spacial score (nSPS) is 21.6. The molecule has 1 aliphatic rings. The van der Waals surface area contributed by atoms with E-state index in [4.69, 9.17) is 0 Å². The predicted molar refractivity (Wildman–Crippen MR) is 77.6 cm³/mol. The number of halogens is 1. The van der Waals surface area contributed by atoms with Crippen molar-refractivity contribution in [2.24, 2.45) is 11.8 Å². The zero-order valence-corrected chi connectivity index (χ0v) is 12.0. The fourth-order valence-electron chi connectivity index (χ4n) is 2.80. The molecule has 19 heavy (non-hydrogen) atoms. The SMILES string of the molecule is CC(C)C(NCC1CCCNC1)c1ccc(F)cc1. The lowest BCUT2D eigenvalue weighted by atomic mass is 9.94. The Morgan fingerprint density at radius 1 is 1.32 bits per heavy atom. The predicted octanol–water partition coefficient (Wildman–Crippen LogP) is 3.11. The average molecular weight is 264 g/mol. The van der Waals surface area contributed by atoms with Crippen LogP contribution in [0.2, 0.25) is 0 Å². The Morgan fingerprint density at radius 2 is 2.05 bits per heavy atom. The maximum absolute atomic E-state index is 13.0. The fraction of sp³-hybridized carbons (Fsp3) is 0.625. The highest BCUT2D eigenvalue weighted by molar-refractivity contribution is 5.20. The first-order chi connectivity index (χ1) is 9.16. The van der Waals surface area contributed by atoms with Crippen LogP contribution in [-0.2, 0) is 0 Å². The molecule has 0 amide bonds. The number of rotatable bonds is 5. The van der Waals surface area contributed by atoms with Crippen molar-refractivity contribution in [3.63, 3.8) is 0 Å². The van der Waals surface area contributed by atoms with Gasteiger partial charge in [0.25, 0.3) is 0 Å². The number of piperidine rings is 1. The lowest BCUT2D eigenvalue weighted by molar-refractivity contribution is 0.320. The summed E-state index contributed by atoms with van der Waals surface area (Å²) in [5.74, 6) is 1.06. The molecule has 1 saturated heterocycles. The second kappa shape index (κ2) is 7.01. The first-order valence-corrected chi connectivity index (χ1v) is 7.36. The van der Waals surface area contributed by atoms with Crippen molar-refractivity contribution in [1.29, 1.82) is 0 Å². The van der Waals surface area contributed by atoms with Crippen LogP contribution >= 0.6 is 0 Å². The number of hydrogen-bond acceptors (Lipinski definition) is 2. The maximum Gasteiger partial charge on any atom is 0.123 e. The van der Waals surface area contributed by atoms with Gasteiger partial charge in [-0.2, -0.15) is 0 Å². The molecule has 0 saturated carbocycles. The highest BCUT2D eigenvalue weighted by Crippen LogP contribution is 2.22. The molecule has 0 radical (unpaired) electrons. The van der Waals surface area contributed by atoms with Gasteiger partial charge in [0.05, 0.1) is 0 Å². The summed E-state index contributed by atoms with van der Waals surface area (Å²) in [6.45, 7) is 7.72. The van der Waals surface area contributed by atoms with Gasteiger partial charge in [0, 0.05) is 6.04 Å². The van der Waals surface area contributed by atoms with E-state index in [1.165, 1.54) is 18.4 Å². The third-order valence-electron chi connectivity index (χ3n) is 3.92. The molecule has 0 bridgehead atoms. The smallest absolute Gasteiger partial charge is 0.123 e. The van der Waals surface area contributed by atoms with Crippen LogP contribution in [0.4, 0.5) is 4.39 Å². The molecule has 2 nitrogen and oxygen atoms in total. The first-order valence-electron chi connectivity index (χ1n) is 7.36. The van der Waals surface area contributed by atoms with Crippen molar-refractivity contribution >= 4 is 0 Å². The van der Waals surface area contributed by atoms with Crippen molar-refractivity contribution in [2.75, 3.05) is 19.6 Å². The van der Waals surface area contributed by atoms with E-state index in [1.54, 1.807) is 12.1 Å². The summed E-state index contributed by atoms with van der Waals surface area (Å²) in [6, 6.07) is 7.20. The Balaban J connectivity index is 1.94. The molecular weight excluding hydrogens is 239 g/mol. The summed E-state index contributed by atoms with van der Waals surface area (Å²) in [7, 11) is 0. The van der Waals surface area contributed by atoms with Crippen LogP contribution < -0.4 is 10.6 Å². The van der Waals surface area contributed by atoms with Gasteiger partial charge >= 0.3 is 0 Å². The third kappa shape index (κ3) is 4.29. The molecule has 2 atom stereocenters. The van der Waals surface area contributed by atoms with Gasteiger partial charge in [-0.05, 0) is 62.0 Å². The standard InChI is InChI=1S/C16H25FN2/c1-12(2)16(14-5-7-15(17)8-6-14)19-11-13-4-3-9-18-10-13/h5-8,12-13,16,18-19H,3-4,9-11H2,1-2H3. The summed E-state index contributed by atoms with van der Waals surface area (Å²) < 4.78 is 13.0. The molecule has 1 aromatic carbocycles. The Kier molecular flexibility index (Phi) is 5.34. The number of nitrogens with one attached hydrogen (secondary N) is 2. The fourth-order valence-corrected chi connectivity index (χ4v) is 2.80. The molecule has 1 aromatic rings. The van der Waals surface area contributed by atoms with Gasteiger partial charge in [-0.1, -0.05) is 26.0 Å². The van der Waals surface area contributed by atoms with Crippen molar-refractivity contribution in [2.45, 2.75) is 32.7 Å². The quantitative estimate of drug-likeness (QED) is 0.854. The van der Waals surface area contributed by atoms with Gasteiger partial charge in [0.1, 0.15) is 5.82 Å². The van der Waals surface area contributed by atoms with E-state index in [1.807, 2.05) is 12.1 Å². The molecule has 0 aliphatic carbocycles. The third-order valence-corrected chi connectivity index (χ3v) is 3.92. The second-order valence-electron chi connectivity index (χ2n) is 5.89. The molecule has 2 N–H and O–H groups in total. The van der Waals surface area contributed by atoms with E-state index < -0.39 is 0 Å². The van der Waals surface area contributed by atoms with Crippen LogP contribution in [0.1, 0.15) is 38.3 Å². The molecule has 0 aromatic heterocycles. The van der Waals surface area contributed by atoms with E-state index in [0.29, 0.717) is 12.0 Å². The minimum Gasteiger partial charge on any atom is -0.316 e. The maximum atomic E-state index is 13.0. The molecule has 0 spiro atoms. The van der Waals surface area contributed by atoms with Crippen LogP contribution in [-0.4, -0.2) is 19.6 Å². The Morgan fingerprint density at radius 3 is 2.63 bits per heavy atom. The monoisotopic (exact) mass is 264 g/mol. The van der Waals surface area contributed by atoms with Crippen LogP contribution in [0, 0.1) is 17.7 Å². The molecule has 2 rings (SSSR count). The molecule has 3 heteroatoms. The summed E-state index contributed by atoms with van der Waals surface area (Å²) in [5.41, 5.74) is 1.18. The van der Waals surface area contributed by atoms with E-state index >= 15 is 0 Å². The van der Waals surface area contributed by atoms with Gasteiger partial charge in [-0.25, -0.2) is 4.39 Å². The van der Waals surface area contributed by atoms with Gasteiger partial charge in [-0.15, -0.1) is 0 Å². The molecule has 106 valence electrons. The molecule has 1 fully saturated rings. The summed E-state index contributed by atoms with van der Waals surface area (Å²) >= 11 is 0. The van der Waals surface area contributed by atoms with Crippen molar-refractivity contribution < 1.29 is 4.39 Å². The van der Waals surface area contributed by atoms with E-state index in [-0.39, 0.29) is 5.82 Å². The van der Waals surface area contributed by atoms with Gasteiger partial charge in [0.2, 0.25) is 0 Å². The lowest BCUT2D eigenvalue weighted by Gasteiger charge is -2.28. The van der Waals surface area contributed by atoms with Crippen molar-refractivity contribution in [3.05, 3.63) is 35.6 Å². The molecular formula is C16H25FN2. The van der Waals surface area contributed by atoms with E-state index in [2.05, 4.69) is 24.5 Å². The van der Waals surface area contributed by atoms with Gasteiger partial charge < -0.3 is 10.6 Å². The van der Waals surface area contributed by atoms with Crippen molar-refractivity contribution in [1.82, 2.24) is 10.6 Å². The number of benzene rings is 1. The lowest BCUT2D eigenvalue weighted by Crippen LogP contribution is -2.38. The van der Waals surface area contributed by atoms with Gasteiger partial charge in [-0.3, -0.25) is 0 Å². The second-order valence-corrected chi connectivity index (χ2v) is 5.89. The number of hydrogen-bond donors (Lipinski definition) is 2. The molecule has 1 aliphatic heterocycles. The minimum atomic E-state index is -0.164.